The largest absolute Gasteiger partial charge is 0.371 e. The lowest BCUT2D eigenvalue weighted by atomic mass is 9.98. The maximum Gasteiger partial charge on any atom is 0.354 e. The van der Waals surface area contributed by atoms with Crippen LogP contribution in [0.3, 0.4) is 0 Å². The molecule has 222 valence electrons. The minimum absolute atomic E-state index is 0.0108. The highest BCUT2D eigenvalue weighted by Crippen LogP contribution is 2.49. The van der Waals surface area contributed by atoms with Gasteiger partial charge in [0.1, 0.15) is 17.2 Å². The van der Waals surface area contributed by atoms with Crippen molar-refractivity contribution in [3.8, 4) is 16.8 Å². The molecular formula is C32H31ClF2N6O2. The van der Waals surface area contributed by atoms with Gasteiger partial charge in [0.25, 0.3) is 0 Å². The van der Waals surface area contributed by atoms with Crippen LogP contribution in [0, 0.1) is 18.6 Å². The number of aromatic nitrogens is 3. The summed E-state index contributed by atoms with van der Waals surface area (Å²) in [6.45, 7) is 10.8. The number of benzene rings is 2. The average molecular weight is 605 g/mol. The third-order valence-corrected chi connectivity index (χ3v) is 8.71. The Labute approximate surface area is 252 Å². The summed E-state index contributed by atoms with van der Waals surface area (Å²) in [5.41, 5.74) is 1.25. The number of amides is 1. The molecule has 1 saturated heterocycles. The summed E-state index contributed by atoms with van der Waals surface area (Å²) in [5, 5.41) is 0.352. The number of anilines is 2. The lowest BCUT2D eigenvalue weighted by Gasteiger charge is -2.41. The molecule has 43 heavy (non-hydrogen) atoms. The van der Waals surface area contributed by atoms with Gasteiger partial charge in [0, 0.05) is 50.6 Å². The van der Waals surface area contributed by atoms with Gasteiger partial charge in [-0.2, -0.15) is 4.98 Å². The standard InChI is InChI=1S/C32H31ClF2N6O2/c1-6-22(42)39-13-14-40-19(16-39)15-38(5)29-24-30(26(35)23(25(29)33)20-9-7-8-10-21(20)34)41(32(43)37-31(24)40)28-18(4)11-12-36-27(28)17(2)3/h6-12,17,19H,1,13-16H2,2-5H3. The van der Waals surface area contributed by atoms with Crippen molar-refractivity contribution in [1.82, 2.24) is 19.4 Å². The molecule has 0 radical (unpaired) electrons. The summed E-state index contributed by atoms with van der Waals surface area (Å²) in [5.74, 6) is -1.50. The molecule has 0 saturated carbocycles. The molecule has 0 N–H and O–H groups in total. The molecule has 1 atom stereocenters. The molecule has 0 bridgehead atoms. The zero-order chi connectivity index (χ0) is 30.7. The van der Waals surface area contributed by atoms with Gasteiger partial charge in [-0.1, -0.05) is 50.2 Å². The first-order chi connectivity index (χ1) is 20.5. The van der Waals surface area contributed by atoms with E-state index in [0.717, 1.165) is 0 Å². The Morgan fingerprint density at radius 1 is 1.14 bits per heavy atom. The second-order valence-electron chi connectivity index (χ2n) is 11.3. The highest BCUT2D eigenvalue weighted by atomic mass is 35.5. The van der Waals surface area contributed by atoms with Gasteiger partial charge in [-0.3, -0.25) is 14.3 Å². The lowest BCUT2D eigenvalue weighted by molar-refractivity contribution is -0.126. The Hall–Kier alpha value is -4.31. The smallest absolute Gasteiger partial charge is 0.354 e. The Morgan fingerprint density at radius 3 is 2.58 bits per heavy atom. The van der Waals surface area contributed by atoms with E-state index < -0.39 is 17.3 Å². The number of hydrogen-bond acceptors (Lipinski definition) is 6. The van der Waals surface area contributed by atoms with Crippen LogP contribution in [0.4, 0.5) is 20.3 Å². The van der Waals surface area contributed by atoms with E-state index >= 15 is 8.78 Å². The quantitative estimate of drug-likeness (QED) is 0.288. The first-order valence-electron chi connectivity index (χ1n) is 14.1. The fourth-order valence-corrected chi connectivity index (χ4v) is 6.79. The fourth-order valence-electron chi connectivity index (χ4n) is 6.36. The number of pyridine rings is 1. The zero-order valence-corrected chi connectivity index (χ0v) is 25.1. The van der Waals surface area contributed by atoms with Crippen LogP contribution in [-0.4, -0.2) is 64.6 Å². The van der Waals surface area contributed by atoms with Crippen molar-refractivity contribution in [2.75, 3.05) is 43.0 Å². The first kappa shape index (κ1) is 28.8. The summed E-state index contributed by atoms with van der Waals surface area (Å²) in [6.07, 6.45) is 2.93. The Bertz CT molecular complexity index is 1870. The van der Waals surface area contributed by atoms with E-state index in [-0.39, 0.29) is 45.4 Å². The summed E-state index contributed by atoms with van der Waals surface area (Å²) in [4.78, 5) is 41.3. The van der Waals surface area contributed by atoms with E-state index in [9.17, 15) is 9.59 Å². The van der Waals surface area contributed by atoms with Crippen molar-refractivity contribution >= 4 is 39.9 Å². The minimum Gasteiger partial charge on any atom is -0.371 e. The van der Waals surface area contributed by atoms with Gasteiger partial charge < -0.3 is 14.7 Å². The molecule has 8 nitrogen and oxygen atoms in total. The Morgan fingerprint density at radius 2 is 1.88 bits per heavy atom. The molecule has 1 amide bonds. The number of rotatable bonds is 4. The van der Waals surface area contributed by atoms with Gasteiger partial charge in [-0.05, 0) is 36.6 Å². The molecular weight excluding hydrogens is 574 g/mol. The van der Waals surface area contributed by atoms with Crippen LogP contribution < -0.4 is 15.5 Å². The molecule has 4 heterocycles. The highest BCUT2D eigenvalue weighted by molar-refractivity contribution is 6.38. The SMILES string of the molecule is C=CC(=O)N1CCN2c3nc(=O)n(-c4c(C)ccnc4C(C)C)c4c(F)c(-c5ccccc5F)c(Cl)c(c34)N(C)CC2C1. The molecule has 2 aromatic carbocycles. The summed E-state index contributed by atoms with van der Waals surface area (Å²) in [7, 11) is 1.82. The molecule has 2 aliphatic heterocycles. The topological polar surface area (TPSA) is 74.6 Å². The molecule has 2 aromatic heterocycles. The van der Waals surface area contributed by atoms with Crippen LogP contribution in [-0.2, 0) is 4.79 Å². The van der Waals surface area contributed by atoms with Crippen LogP contribution in [0.5, 0.6) is 0 Å². The minimum atomic E-state index is -0.833. The first-order valence-corrected chi connectivity index (χ1v) is 14.5. The van der Waals surface area contributed by atoms with Crippen molar-refractivity contribution < 1.29 is 13.6 Å². The van der Waals surface area contributed by atoms with Crippen LogP contribution >= 0.6 is 11.6 Å². The number of carbonyl (C=O) groups excluding carboxylic acids is 1. The molecule has 0 spiro atoms. The predicted molar refractivity (Wildman–Crippen MR) is 166 cm³/mol. The van der Waals surface area contributed by atoms with Gasteiger partial charge in [0.05, 0.1) is 33.5 Å². The Kier molecular flexibility index (Phi) is 7.20. The van der Waals surface area contributed by atoms with Crippen LogP contribution in [0.2, 0.25) is 5.02 Å². The van der Waals surface area contributed by atoms with Gasteiger partial charge in [-0.15, -0.1) is 0 Å². The van der Waals surface area contributed by atoms with Crippen LogP contribution in [0.25, 0.3) is 27.7 Å². The van der Waals surface area contributed by atoms with Crippen molar-refractivity contribution in [3.05, 3.63) is 87.6 Å². The van der Waals surface area contributed by atoms with Gasteiger partial charge in [-0.25, -0.2) is 13.6 Å². The van der Waals surface area contributed by atoms with Crippen molar-refractivity contribution in [2.45, 2.75) is 32.7 Å². The van der Waals surface area contributed by atoms with Crippen molar-refractivity contribution in [1.29, 1.82) is 0 Å². The number of nitrogens with zero attached hydrogens (tertiary/aromatic N) is 6. The molecule has 6 rings (SSSR count). The van der Waals surface area contributed by atoms with Crippen molar-refractivity contribution in [2.24, 2.45) is 0 Å². The third-order valence-electron chi connectivity index (χ3n) is 8.34. The lowest BCUT2D eigenvalue weighted by Crippen LogP contribution is -2.57. The zero-order valence-electron chi connectivity index (χ0n) is 24.4. The normalized spacial score (nSPS) is 16.5. The van der Waals surface area contributed by atoms with Crippen LogP contribution in [0.1, 0.15) is 31.0 Å². The molecule has 2 aliphatic rings. The summed E-state index contributed by atoms with van der Waals surface area (Å²) in [6, 6.07) is 7.32. The second kappa shape index (κ2) is 10.8. The Balaban J connectivity index is 1.77. The van der Waals surface area contributed by atoms with Crippen LogP contribution in [0.15, 0.2) is 54.0 Å². The molecule has 1 fully saturated rings. The van der Waals surface area contributed by atoms with E-state index in [1.807, 2.05) is 37.6 Å². The molecule has 1 unspecified atom stereocenters. The summed E-state index contributed by atoms with van der Waals surface area (Å²) < 4.78 is 33.8. The highest BCUT2D eigenvalue weighted by Gasteiger charge is 2.39. The number of likely N-dealkylation sites (N-methyl/N-ethyl adjacent to an activating group) is 1. The van der Waals surface area contributed by atoms with E-state index in [1.165, 1.54) is 28.8 Å². The maximum absolute atomic E-state index is 17.2. The number of halogens is 3. The van der Waals surface area contributed by atoms with Gasteiger partial charge in [0.2, 0.25) is 5.91 Å². The van der Waals surface area contributed by atoms with Gasteiger partial charge in [0.15, 0.2) is 5.82 Å². The van der Waals surface area contributed by atoms with E-state index in [1.54, 1.807) is 23.2 Å². The van der Waals surface area contributed by atoms with E-state index in [2.05, 4.69) is 16.5 Å². The molecule has 0 aliphatic carbocycles. The predicted octanol–water partition coefficient (Wildman–Crippen LogP) is 5.46. The van der Waals surface area contributed by atoms with E-state index in [0.29, 0.717) is 54.2 Å². The number of fused-ring (bicyclic) bond motifs is 2. The van der Waals surface area contributed by atoms with E-state index in [4.69, 9.17) is 11.6 Å². The molecule has 11 heteroatoms. The maximum atomic E-state index is 17.2. The number of hydrogen-bond donors (Lipinski definition) is 0. The van der Waals surface area contributed by atoms with Crippen molar-refractivity contribution in [3.63, 3.8) is 0 Å². The van der Waals surface area contributed by atoms with Gasteiger partial charge >= 0.3 is 5.69 Å². The average Bonchev–Trinajstić information content (AvgIpc) is 3.09. The number of carbonyl (C=O) groups is 1. The third kappa shape index (κ3) is 4.47. The summed E-state index contributed by atoms with van der Waals surface area (Å²) >= 11 is 7.05. The fraction of sp³-hybridized carbons (Fsp3) is 0.312. The number of piperazine rings is 1. The molecule has 4 aromatic rings. The second-order valence-corrected chi connectivity index (χ2v) is 11.7. The number of aryl methyl sites for hydroxylation is 1. The monoisotopic (exact) mass is 604 g/mol.